The normalized spacial score (nSPS) is 11.2. The molecule has 0 atom stereocenters. The van der Waals surface area contributed by atoms with Gasteiger partial charge in [-0.05, 0) is 26.3 Å². The number of ether oxygens (including phenoxy) is 2. The summed E-state index contributed by atoms with van der Waals surface area (Å²) in [5, 5.41) is 8.26. The Morgan fingerprint density at radius 1 is 1.10 bits per heavy atom. The van der Waals surface area contributed by atoms with Crippen LogP contribution in [0.5, 0.6) is 0 Å². The number of aromatic nitrogens is 3. The van der Waals surface area contributed by atoms with E-state index in [-0.39, 0.29) is 0 Å². The quantitative estimate of drug-likeness (QED) is 0.729. The van der Waals surface area contributed by atoms with Crippen LogP contribution in [0.3, 0.4) is 0 Å². The van der Waals surface area contributed by atoms with Gasteiger partial charge in [-0.2, -0.15) is 0 Å². The second kappa shape index (κ2) is 7.17. The van der Waals surface area contributed by atoms with Crippen molar-refractivity contribution in [2.75, 3.05) is 13.2 Å². The molecule has 0 unspecified atom stereocenters. The van der Waals surface area contributed by atoms with Gasteiger partial charge in [0, 0.05) is 13.2 Å². The molecule has 5 nitrogen and oxygen atoms in total. The molecule has 0 spiro atoms. The molecule has 108 valence electrons. The molecule has 2 aromatic rings. The van der Waals surface area contributed by atoms with Crippen molar-refractivity contribution in [3.05, 3.63) is 47.3 Å². The van der Waals surface area contributed by atoms with Crippen molar-refractivity contribution in [1.82, 2.24) is 15.0 Å². The SMILES string of the molecule is CCOC(OCC)c1cn(Cc2ccc(C)cc2)nn1. The minimum atomic E-state index is -0.434. The topological polar surface area (TPSA) is 49.2 Å². The third kappa shape index (κ3) is 3.88. The van der Waals surface area contributed by atoms with Crippen molar-refractivity contribution < 1.29 is 9.47 Å². The van der Waals surface area contributed by atoms with Crippen LogP contribution >= 0.6 is 0 Å². The van der Waals surface area contributed by atoms with Crippen molar-refractivity contribution in [2.45, 2.75) is 33.6 Å². The molecule has 0 amide bonds. The van der Waals surface area contributed by atoms with E-state index in [1.807, 2.05) is 20.0 Å². The van der Waals surface area contributed by atoms with Crippen molar-refractivity contribution in [2.24, 2.45) is 0 Å². The van der Waals surface area contributed by atoms with Gasteiger partial charge in [-0.3, -0.25) is 0 Å². The molecule has 1 aromatic carbocycles. The van der Waals surface area contributed by atoms with E-state index in [1.54, 1.807) is 4.68 Å². The Hall–Kier alpha value is -1.72. The largest absolute Gasteiger partial charge is 0.347 e. The smallest absolute Gasteiger partial charge is 0.204 e. The van der Waals surface area contributed by atoms with E-state index in [4.69, 9.17) is 9.47 Å². The molecule has 5 heteroatoms. The van der Waals surface area contributed by atoms with E-state index < -0.39 is 6.29 Å². The molecule has 0 fully saturated rings. The molecule has 20 heavy (non-hydrogen) atoms. The van der Waals surface area contributed by atoms with Crippen LogP contribution in [0.2, 0.25) is 0 Å². The fourth-order valence-corrected chi connectivity index (χ4v) is 1.90. The Kier molecular flexibility index (Phi) is 5.26. The van der Waals surface area contributed by atoms with Crippen molar-refractivity contribution in [3.63, 3.8) is 0 Å². The van der Waals surface area contributed by atoms with Gasteiger partial charge in [0.15, 0.2) is 0 Å². The molecule has 0 aliphatic rings. The summed E-state index contributed by atoms with van der Waals surface area (Å²) in [4.78, 5) is 0. The summed E-state index contributed by atoms with van der Waals surface area (Å²) in [5.74, 6) is 0. The van der Waals surface area contributed by atoms with Crippen LogP contribution in [0.4, 0.5) is 0 Å². The zero-order valence-corrected chi connectivity index (χ0v) is 12.2. The van der Waals surface area contributed by atoms with Crippen molar-refractivity contribution >= 4 is 0 Å². The van der Waals surface area contributed by atoms with Gasteiger partial charge in [-0.1, -0.05) is 35.0 Å². The second-order valence-electron chi connectivity index (χ2n) is 4.57. The summed E-state index contributed by atoms with van der Waals surface area (Å²) in [7, 11) is 0. The molecular formula is C15H21N3O2. The Morgan fingerprint density at radius 3 is 2.35 bits per heavy atom. The first-order valence-corrected chi connectivity index (χ1v) is 6.91. The van der Waals surface area contributed by atoms with Crippen LogP contribution in [-0.2, 0) is 16.0 Å². The van der Waals surface area contributed by atoms with Gasteiger partial charge in [-0.25, -0.2) is 4.68 Å². The Morgan fingerprint density at radius 2 is 1.75 bits per heavy atom. The number of hydrogen-bond acceptors (Lipinski definition) is 4. The standard InChI is InChI=1S/C15H21N3O2/c1-4-19-15(20-5-2)14-11-18(17-16-14)10-13-8-6-12(3)7-9-13/h6-9,11,15H,4-5,10H2,1-3H3. The van der Waals surface area contributed by atoms with Crippen LogP contribution in [0.1, 0.15) is 37.0 Å². The summed E-state index contributed by atoms with van der Waals surface area (Å²) in [6.45, 7) is 7.79. The lowest BCUT2D eigenvalue weighted by molar-refractivity contribution is -0.142. The monoisotopic (exact) mass is 275 g/mol. The summed E-state index contributed by atoms with van der Waals surface area (Å²) in [6.07, 6.45) is 1.44. The van der Waals surface area contributed by atoms with Gasteiger partial charge >= 0.3 is 0 Å². The van der Waals surface area contributed by atoms with E-state index in [0.29, 0.717) is 25.5 Å². The predicted octanol–water partition coefficient (Wildman–Crippen LogP) is 2.71. The Labute approximate surface area is 119 Å². The van der Waals surface area contributed by atoms with Gasteiger partial charge in [0.2, 0.25) is 6.29 Å². The first kappa shape index (κ1) is 14.7. The highest BCUT2D eigenvalue weighted by molar-refractivity contribution is 5.21. The van der Waals surface area contributed by atoms with Crippen molar-refractivity contribution in [1.29, 1.82) is 0 Å². The minimum Gasteiger partial charge on any atom is -0.347 e. The van der Waals surface area contributed by atoms with Gasteiger partial charge in [0.25, 0.3) is 0 Å². The molecule has 2 rings (SSSR count). The molecule has 0 saturated carbocycles. The van der Waals surface area contributed by atoms with Crippen LogP contribution in [-0.4, -0.2) is 28.2 Å². The molecule has 1 heterocycles. The van der Waals surface area contributed by atoms with E-state index in [1.165, 1.54) is 11.1 Å². The number of rotatable bonds is 7. The molecule has 0 N–H and O–H groups in total. The van der Waals surface area contributed by atoms with Crippen molar-refractivity contribution in [3.8, 4) is 0 Å². The predicted molar refractivity (Wildman–Crippen MR) is 76.3 cm³/mol. The fourth-order valence-electron chi connectivity index (χ4n) is 1.90. The zero-order valence-electron chi connectivity index (χ0n) is 12.2. The summed E-state index contributed by atoms with van der Waals surface area (Å²) in [6, 6.07) is 8.38. The summed E-state index contributed by atoms with van der Waals surface area (Å²) < 4.78 is 12.8. The van der Waals surface area contributed by atoms with Gasteiger partial charge in [0.1, 0.15) is 5.69 Å². The Balaban J connectivity index is 2.05. The van der Waals surface area contributed by atoms with Gasteiger partial charge in [-0.15, -0.1) is 5.10 Å². The molecular weight excluding hydrogens is 254 g/mol. The fraction of sp³-hybridized carbons (Fsp3) is 0.467. The minimum absolute atomic E-state index is 0.434. The highest BCUT2D eigenvalue weighted by atomic mass is 16.7. The second-order valence-corrected chi connectivity index (χ2v) is 4.57. The van der Waals surface area contributed by atoms with Gasteiger partial charge < -0.3 is 9.47 Å². The maximum atomic E-state index is 5.51. The van der Waals surface area contributed by atoms with E-state index in [2.05, 4.69) is 41.5 Å². The van der Waals surface area contributed by atoms with Crippen LogP contribution in [0.25, 0.3) is 0 Å². The third-order valence-corrected chi connectivity index (χ3v) is 2.90. The first-order valence-electron chi connectivity index (χ1n) is 6.91. The molecule has 0 aliphatic heterocycles. The number of benzene rings is 1. The van der Waals surface area contributed by atoms with Gasteiger partial charge in [0.05, 0.1) is 12.7 Å². The van der Waals surface area contributed by atoms with Crippen LogP contribution in [0.15, 0.2) is 30.5 Å². The van der Waals surface area contributed by atoms with Crippen LogP contribution in [0, 0.1) is 6.92 Å². The van der Waals surface area contributed by atoms with E-state index in [9.17, 15) is 0 Å². The molecule has 0 bridgehead atoms. The lowest BCUT2D eigenvalue weighted by atomic mass is 10.1. The highest BCUT2D eigenvalue weighted by Crippen LogP contribution is 2.16. The highest BCUT2D eigenvalue weighted by Gasteiger charge is 2.15. The number of aryl methyl sites for hydroxylation is 1. The van der Waals surface area contributed by atoms with Crippen LogP contribution < -0.4 is 0 Å². The lowest BCUT2D eigenvalue weighted by Gasteiger charge is -2.13. The average molecular weight is 275 g/mol. The maximum Gasteiger partial charge on any atom is 0.204 e. The summed E-state index contributed by atoms with van der Waals surface area (Å²) >= 11 is 0. The number of nitrogens with zero attached hydrogens (tertiary/aromatic N) is 3. The Bertz CT molecular complexity index is 516. The molecule has 0 radical (unpaired) electrons. The van der Waals surface area contributed by atoms with E-state index in [0.717, 1.165) is 0 Å². The maximum absolute atomic E-state index is 5.51. The molecule has 1 aromatic heterocycles. The third-order valence-electron chi connectivity index (χ3n) is 2.90. The summed E-state index contributed by atoms with van der Waals surface area (Å²) in [5.41, 5.74) is 3.15. The molecule has 0 aliphatic carbocycles. The first-order chi connectivity index (χ1) is 9.72. The van der Waals surface area contributed by atoms with E-state index >= 15 is 0 Å². The zero-order chi connectivity index (χ0) is 14.4. The number of hydrogen-bond donors (Lipinski definition) is 0. The average Bonchev–Trinajstić information content (AvgIpc) is 2.90. The molecule has 0 saturated heterocycles. The lowest BCUT2D eigenvalue weighted by Crippen LogP contribution is -2.09.